The third kappa shape index (κ3) is 2.16. The van der Waals surface area contributed by atoms with E-state index in [2.05, 4.69) is 19.2 Å². The van der Waals surface area contributed by atoms with Crippen LogP contribution in [0.5, 0.6) is 0 Å². The van der Waals surface area contributed by atoms with Crippen LogP contribution < -0.4 is 11.1 Å². The van der Waals surface area contributed by atoms with Gasteiger partial charge in [-0.3, -0.25) is 4.79 Å². The number of carbonyl (C=O) groups excluding carboxylic acids is 1. The molecule has 2 aliphatic rings. The highest BCUT2D eigenvalue weighted by atomic mass is 16.5. The van der Waals surface area contributed by atoms with Gasteiger partial charge in [0.1, 0.15) is 0 Å². The van der Waals surface area contributed by atoms with Gasteiger partial charge in [0, 0.05) is 30.5 Å². The molecule has 4 heteroatoms. The number of carbonyl (C=O) groups is 1. The van der Waals surface area contributed by atoms with Gasteiger partial charge >= 0.3 is 0 Å². The number of nitrogens with one attached hydrogen (secondary N) is 1. The second-order valence-corrected chi connectivity index (χ2v) is 7.03. The van der Waals surface area contributed by atoms with Gasteiger partial charge in [0.15, 0.2) is 0 Å². The van der Waals surface area contributed by atoms with Gasteiger partial charge in [0.25, 0.3) is 0 Å². The minimum Gasteiger partial charge on any atom is -0.377 e. The van der Waals surface area contributed by atoms with E-state index in [1.54, 1.807) is 0 Å². The zero-order valence-electron chi connectivity index (χ0n) is 12.0. The lowest BCUT2D eigenvalue weighted by atomic mass is 9.55. The molecule has 3 unspecified atom stereocenters. The average molecular weight is 254 g/mol. The molecule has 0 aromatic carbocycles. The molecule has 0 aromatic heterocycles. The highest BCUT2D eigenvalue weighted by molar-refractivity contribution is 5.80. The Labute approximate surface area is 110 Å². The number of nitrogens with two attached hydrogens (primary N) is 1. The smallest absolute Gasteiger partial charge is 0.224 e. The van der Waals surface area contributed by atoms with Gasteiger partial charge in [-0.2, -0.15) is 0 Å². The van der Waals surface area contributed by atoms with Gasteiger partial charge in [0.2, 0.25) is 5.91 Å². The van der Waals surface area contributed by atoms with Crippen LogP contribution in [-0.2, 0) is 9.53 Å². The number of fused-ring (bicyclic) bond motifs is 1. The van der Waals surface area contributed by atoms with Crippen molar-refractivity contribution in [2.75, 3.05) is 13.2 Å². The Morgan fingerprint density at radius 3 is 2.78 bits per heavy atom. The van der Waals surface area contributed by atoms with Crippen molar-refractivity contribution in [1.29, 1.82) is 0 Å². The van der Waals surface area contributed by atoms with E-state index in [1.807, 2.05) is 13.8 Å². The molecule has 104 valence electrons. The van der Waals surface area contributed by atoms with E-state index in [0.717, 1.165) is 13.0 Å². The van der Waals surface area contributed by atoms with E-state index in [-0.39, 0.29) is 11.3 Å². The van der Waals surface area contributed by atoms with Crippen molar-refractivity contribution < 1.29 is 9.53 Å². The summed E-state index contributed by atoms with van der Waals surface area (Å²) in [7, 11) is 0. The normalized spacial score (nSPS) is 34.6. The van der Waals surface area contributed by atoms with E-state index in [1.165, 1.54) is 6.42 Å². The van der Waals surface area contributed by atoms with Crippen molar-refractivity contribution in [3.63, 3.8) is 0 Å². The number of amides is 1. The van der Waals surface area contributed by atoms with Crippen LogP contribution in [0.3, 0.4) is 0 Å². The summed E-state index contributed by atoms with van der Waals surface area (Å²) in [6.07, 6.45) is 2.75. The number of primary amides is 1. The summed E-state index contributed by atoms with van der Waals surface area (Å²) in [5.41, 5.74) is 5.07. The molecule has 3 atom stereocenters. The van der Waals surface area contributed by atoms with Crippen molar-refractivity contribution in [3.8, 4) is 0 Å². The summed E-state index contributed by atoms with van der Waals surface area (Å²) >= 11 is 0. The van der Waals surface area contributed by atoms with Crippen molar-refractivity contribution in [2.45, 2.75) is 52.7 Å². The molecule has 0 bridgehead atoms. The summed E-state index contributed by atoms with van der Waals surface area (Å²) in [6.45, 7) is 9.80. The fourth-order valence-corrected chi connectivity index (χ4v) is 3.39. The fourth-order valence-electron chi connectivity index (χ4n) is 3.39. The lowest BCUT2D eigenvalue weighted by molar-refractivity contribution is -0.193. The van der Waals surface area contributed by atoms with Crippen LogP contribution in [0.25, 0.3) is 0 Å². The zero-order valence-corrected chi connectivity index (χ0v) is 12.0. The molecule has 18 heavy (non-hydrogen) atoms. The molecule has 1 amide bonds. The van der Waals surface area contributed by atoms with Gasteiger partial charge in [0.05, 0.1) is 11.5 Å². The molecule has 1 aliphatic heterocycles. The van der Waals surface area contributed by atoms with E-state index in [9.17, 15) is 4.79 Å². The van der Waals surface area contributed by atoms with Gasteiger partial charge in [-0.05, 0) is 26.7 Å². The Hall–Kier alpha value is -0.610. The topological polar surface area (TPSA) is 64.3 Å². The third-order valence-corrected chi connectivity index (χ3v) is 4.76. The number of hydrogen-bond acceptors (Lipinski definition) is 3. The van der Waals surface area contributed by atoms with Crippen LogP contribution in [-0.4, -0.2) is 31.2 Å². The summed E-state index contributed by atoms with van der Waals surface area (Å²) in [5.74, 6) is 0.348. The molecule has 4 nitrogen and oxygen atoms in total. The first kappa shape index (κ1) is 13.8. The van der Waals surface area contributed by atoms with Crippen LogP contribution in [0.1, 0.15) is 40.5 Å². The summed E-state index contributed by atoms with van der Waals surface area (Å²) in [6, 6.07) is 0.432. The standard InChI is InChI=1S/C14H26N2O2/c1-13(2,12(15)17)8-16-10-9-6-5-7-18-11(9)14(10,3)4/h9-11,16H,5-8H2,1-4H3,(H2,15,17). The maximum atomic E-state index is 11.3. The molecule has 3 N–H and O–H groups in total. The number of hydrogen-bond donors (Lipinski definition) is 2. The van der Waals surface area contributed by atoms with Gasteiger partial charge in [-0.25, -0.2) is 0 Å². The van der Waals surface area contributed by atoms with E-state index in [4.69, 9.17) is 10.5 Å². The molecular formula is C14H26N2O2. The molecule has 1 saturated carbocycles. The summed E-state index contributed by atoms with van der Waals surface area (Å²) in [5, 5.41) is 3.55. The van der Waals surface area contributed by atoms with Gasteiger partial charge in [-0.1, -0.05) is 13.8 Å². The predicted octanol–water partition coefficient (Wildman–Crippen LogP) is 1.29. The maximum Gasteiger partial charge on any atom is 0.224 e. The molecule has 1 heterocycles. The highest BCUT2D eigenvalue weighted by Crippen LogP contribution is 2.51. The van der Waals surface area contributed by atoms with Crippen LogP contribution in [0, 0.1) is 16.7 Å². The Morgan fingerprint density at radius 1 is 1.50 bits per heavy atom. The van der Waals surface area contributed by atoms with E-state index in [0.29, 0.717) is 24.6 Å². The quantitative estimate of drug-likeness (QED) is 0.794. The number of ether oxygens (including phenoxy) is 1. The Kier molecular flexibility index (Phi) is 3.45. The van der Waals surface area contributed by atoms with Crippen molar-refractivity contribution in [1.82, 2.24) is 5.32 Å². The van der Waals surface area contributed by atoms with Crippen LogP contribution >= 0.6 is 0 Å². The lowest BCUT2D eigenvalue weighted by Gasteiger charge is -2.60. The zero-order chi connectivity index (χ0) is 13.6. The van der Waals surface area contributed by atoms with Crippen molar-refractivity contribution in [2.24, 2.45) is 22.5 Å². The van der Waals surface area contributed by atoms with E-state index >= 15 is 0 Å². The molecule has 0 spiro atoms. The fraction of sp³-hybridized carbons (Fsp3) is 0.929. The molecule has 1 saturated heterocycles. The van der Waals surface area contributed by atoms with E-state index < -0.39 is 5.41 Å². The molecule has 0 radical (unpaired) electrons. The van der Waals surface area contributed by atoms with Crippen LogP contribution in [0.2, 0.25) is 0 Å². The first-order valence-electron chi connectivity index (χ1n) is 6.92. The second-order valence-electron chi connectivity index (χ2n) is 7.03. The molecular weight excluding hydrogens is 228 g/mol. The molecule has 1 aliphatic carbocycles. The Bertz CT molecular complexity index is 339. The summed E-state index contributed by atoms with van der Waals surface area (Å²) in [4.78, 5) is 11.3. The predicted molar refractivity (Wildman–Crippen MR) is 71.0 cm³/mol. The monoisotopic (exact) mass is 254 g/mol. The molecule has 0 aromatic rings. The molecule has 2 fully saturated rings. The third-order valence-electron chi connectivity index (χ3n) is 4.76. The largest absolute Gasteiger partial charge is 0.377 e. The van der Waals surface area contributed by atoms with Crippen molar-refractivity contribution >= 4 is 5.91 Å². The Morgan fingerprint density at radius 2 is 2.17 bits per heavy atom. The Balaban J connectivity index is 1.95. The minimum atomic E-state index is -0.489. The first-order chi connectivity index (χ1) is 8.27. The summed E-state index contributed by atoms with van der Waals surface area (Å²) < 4.78 is 5.87. The highest BCUT2D eigenvalue weighted by Gasteiger charge is 2.57. The maximum absolute atomic E-state index is 11.3. The average Bonchev–Trinajstić information content (AvgIpc) is 2.28. The first-order valence-corrected chi connectivity index (χ1v) is 6.92. The number of rotatable bonds is 4. The SMILES string of the molecule is CC(C)(CNC1C2CCCOC2C1(C)C)C(N)=O. The molecule has 2 rings (SSSR count). The minimum absolute atomic E-state index is 0.152. The lowest BCUT2D eigenvalue weighted by Crippen LogP contribution is -2.70. The van der Waals surface area contributed by atoms with Gasteiger partial charge < -0.3 is 15.8 Å². The van der Waals surface area contributed by atoms with Crippen LogP contribution in [0.15, 0.2) is 0 Å². The van der Waals surface area contributed by atoms with Crippen LogP contribution in [0.4, 0.5) is 0 Å². The van der Waals surface area contributed by atoms with Gasteiger partial charge in [-0.15, -0.1) is 0 Å². The van der Waals surface area contributed by atoms with Crippen molar-refractivity contribution in [3.05, 3.63) is 0 Å². The second kappa shape index (κ2) is 4.49.